The van der Waals surface area contributed by atoms with Gasteiger partial charge in [-0.15, -0.1) is 0 Å². The highest BCUT2D eigenvalue weighted by molar-refractivity contribution is 7.92. The van der Waals surface area contributed by atoms with E-state index in [2.05, 4.69) is 29.3 Å². The second-order valence-electron chi connectivity index (χ2n) is 9.51. The van der Waals surface area contributed by atoms with Crippen molar-refractivity contribution in [1.82, 2.24) is 14.6 Å². The van der Waals surface area contributed by atoms with Crippen LogP contribution >= 0.6 is 0 Å². The standard InChI is InChI=1S/C27H35N3O4S/c1-7-25(31)27(2,35(6,33)34)15-17-30-16-14-23-18-22(12-13-24(23)26(30)32)21-10-8-20(9-11-21)19-29(5)28(3)4/h8-14,16,18H,7,15,17,19H2,1-6H3/t27-/m1/s1. The number of benzene rings is 2. The van der Waals surface area contributed by atoms with E-state index < -0.39 is 14.6 Å². The van der Waals surface area contributed by atoms with Crippen molar-refractivity contribution < 1.29 is 13.2 Å². The van der Waals surface area contributed by atoms with E-state index in [1.807, 2.05) is 50.4 Å². The number of hydrogen-bond acceptors (Lipinski definition) is 6. The summed E-state index contributed by atoms with van der Waals surface area (Å²) in [5, 5.41) is 5.53. The number of hydrazine groups is 1. The van der Waals surface area contributed by atoms with E-state index in [-0.39, 0.29) is 30.7 Å². The summed E-state index contributed by atoms with van der Waals surface area (Å²) in [4.78, 5) is 25.5. The molecule has 0 spiro atoms. The van der Waals surface area contributed by atoms with Gasteiger partial charge in [-0.25, -0.2) is 18.4 Å². The molecule has 0 bridgehead atoms. The minimum Gasteiger partial charge on any atom is -0.315 e. The number of ketones is 1. The molecule has 1 aromatic heterocycles. The maximum absolute atomic E-state index is 13.1. The first kappa shape index (κ1) is 26.8. The van der Waals surface area contributed by atoms with Gasteiger partial charge < -0.3 is 4.57 Å². The number of nitrogens with zero attached hydrogens (tertiary/aromatic N) is 3. The number of sulfone groups is 1. The molecule has 3 aromatic rings. The fourth-order valence-corrected chi connectivity index (χ4v) is 5.11. The first-order valence-electron chi connectivity index (χ1n) is 11.7. The van der Waals surface area contributed by atoms with Crippen LogP contribution in [0, 0.1) is 0 Å². The number of aromatic nitrogens is 1. The topological polar surface area (TPSA) is 79.7 Å². The summed E-state index contributed by atoms with van der Waals surface area (Å²) < 4.78 is 24.7. The van der Waals surface area contributed by atoms with Crippen LogP contribution in [0.2, 0.25) is 0 Å². The summed E-state index contributed by atoms with van der Waals surface area (Å²) in [6, 6.07) is 16.0. The molecule has 7 nitrogen and oxygen atoms in total. The molecule has 0 aliphatic rings. The molecule has 0 amide bonds. The van der Waals surface area contributed by atoms with Crippen molar-refractivity contribution in [2.75, 3.05) is 27.4 Å². The summed E-state index contributed by atoms with van der Waals surface area (Å²) in [5.41, 5.74) is 3.09. The Morgan fingerprint density at radius 3 is 2.20 bits per heavy atom. The molecule has 0 fully saturated rings. The third kappa shape index (κ3) is 5.72. The second-order valence-corrected chi connectivity index (χ2v) is 12.0. The second kappa shape index (κ2) is 10.4. The average Bonchev–Trinajstić information content (AvgIpc) is 2.82. The van der Waals surface area contributed by atoms with Gasteiger partial charge in [0.05, 0.1) is 0 Å². The predicted molar refractivity (Wildman–Crippen MR) is 142 cm³/mol. The monoisotopic (exact) mass is 497 g/mol. The van der Waals surface area contributed by atoms with Gasteiger partial charge in [0.2, 0.25) is 0 Å². The quantitative estimate of drug-likeness (QED) is 0.397. The van der Waals surface area contributed by atoms with Crippen molar-refractivity contribution in [3.05, 3.63) is 70.6 Å². The number of fused-ring (bicyclic) bond motifs is 1. The molecular formula is C27H35N3O4S. The Morgan fingerprint density at radius 2 is 1.63 bits per heavy atom. The molecule has 0 aliphatic heterocycles. The van der Waals surface area contributed by atoms with Crippen molar-refractivity contribution >= 4 is 26.4 Å². The van der Waals surface area contributed by atoms with Gasteiger partial charge in [0.15, 0.2) is 15.6 Å². The van der Waals surface area contributed by atoms with E-state index in [9.17, 15) is 18.0 Å². The van der Waals surface area contributed by atoms with E-state index in [0.717, 1.165) is 29.3 Å². The fraction of sp³-hybridized carbons (Fsp3) is 0.407. The third-order valence-corrected chi connectivity index (χ3v) is 8.99. The molecule has 0 aliphatic carbocycles. The van der Waals surface area contributed by atoms with Gasteiger partial charge in [-0.1, -0.05) is 37.3 Å². The molecule has 35 heavy (non-hydrogen) atoms. The van der Waals surface area contributed by atoms with Crippen molar-refractivity contribution in [2.45, 2.75) is 44.5 Å². The third-order valence-electron chi connectivity index (χ3n) is 6.92. The number of pyridine rings is 1. The van der Waals surface area contributed by atoms with Gasteiger partial charge in [-0.3, -0.25) is 9.59 Å². The molecule has 0 saturated carbocycles. The average molecular weight is 498 g/mol. The van der Waals surface area contributed by atoms with Crippen LogP contribution in [0.15, 0.2) is 59.5 Å². The van der Waals surface area contributed by atoms with Crippen molar-refractivity contribution in [3.63, 3.8) is 0 Å². The number of hydrogen-bond donors (Lipinski definition) is 0. The minimum absolute atomic E-state index is 0.0529. The van der Waals surface area contributed by atoms with Gasteiger partial charge in [0, 0.05) is 58.5 Å². The van der Waals surface area contributed by atoms with Crippen LogP contribution in [-0.2, 0) is 27.7 Å². The fourth-order valence-electron chi connectivity index (χ4n) is 4.09. The number of carbonyl (C=O) groups excluding carboxylic acids is 1. The highest BCUT2D eigenvalue weighted by Gasteiger charge is 2.41. The molecule has 0 radical (unpaired) electrons. The van der Waals surface area contributed by atoms with Crippen LogP contribution in [-0.4, -0.2) is 60.9 Å². The first-order chi connectivity index (χ1) is 16.4. The van der Waals surface area contributed by atoms with Gasteiger partial charge in [0.25, 0.3) is 5.56 Å². The SMILES string of the molecule is CCC(=O)[C@@](C)(CCn1ccc2cc(-c3ccc(CN(C)N(C)C)cc3)ccc2c1=O)S(C)(=O)=O. The predicted octanol–water partition coefficient (Wildman–Crippen LogP) is 3.75. The van der Waals surface area contributed by atoms with Crippen LogP contribution in [0.5, 0.6) is 0 Å². The Morgan fingerprint density at radius 1 is 1.00 bits per heavy atom. The zero-order valence-electron chi connectivity index (χ0n) is 21.4. The molecule has 2 aromatic carbocycles. The molecule has 0 saturated heterocycles. The molecule has 0 unspecified atom stereocenters. The van der Waals surface area contributed by atoms with Gasteiger partial charge >= 0.3 is 0 Å². The number of carbonyl (C=O) groups is 1. The Bertz CT molecular complexity index is 1380. The smallest absolute Gasteiger partial charge is 0.258 e. The van der Waals surface area contributed by atoms with Crippen LogP contribution in [0.3, 0.4) is 0 Å². The van der Waals surface area contributed by atoms with E-state index >= 15 is 0 Å². The van der Waals surface area contributed by atoms with E-state index in [0.29, 0.717) is 5.39 Å². The van der Waals surface area contributed by atoms with Crippen LogP contribution < -0.4 is 5.56 Å². The molecule has 1 heterocycles. The Balaban J connectivity index is 1.85. The maximum atomic E-state index is 13.1. The Labute approximate surface area is 207 Å². The van der Waals surface area contributed by atoms with Gasteiger partial charge in [-0.2, -0.15) is 0 Å². The summed E-state index contributed by atoms with van der Waals surface area (Å²) in [7, 11) is 2.43. The molecule has 0 N–H and O–H groups in total. The van der Waals surface area contributed by atoms with Crippen molar-refractivity contribution in [3.8, 4) is 11.1 Å². The molecule has 8 heteroatoms. The number of rotatable bonds is 10. The Kier molecular flexibility index (Phi) is 7.99. The lowest BCUT2D eigenvalue weighted by molar-refractivity contribution is -0.121. The summed E-state index contributed by atoms with van der Waals surface area (Å²) in [6.07, 6.45) is 2.94. The van der Waals surface area contributed by atoms with Crippen molar-refractivity contribution in [1.29, 1.82) is 0 Å². The van der Waals surface area contributed by atoms with Crippen LogP contribution in [0.4, 0.5) is 0 Å². The lowest BCUT2D eigenvalue weighted by Gasteiger charge is -2.26. The van der Waals surface area contributed by atoms with E-state index in [1.165, 1.54) is 17.1 Å². The van der Waals surface area contributed by atoms with Gasteiger partial charge in [0.1, 0.15) is 4.75 Å². The molecule has 3 rings (SSSR count). The maximum Gasteiger partial charge on any atom is 0.258 e. The summed E-state index contributed by atoms with van der Waals surface area (Å²) in [6.45, 7) is 4.07. The molecule has 1 atom stereocenters. The summed E-state index contributed by atoms with van der Waals surface area (Å²) >= 11 is 0. The Hall–Kier alpha value is -2.81. The normalized spacial score (nSPS) is 13.9. The number of Topliss-reactive ketones (excluding diaryl/α,β-unsaturated/α-hetero) is 1. The van der Waals surface area contributed by atoms with E-state index in [1.54, 1.807) is 13.1 Å². The van der Waals surface area contributed by atoms with Crippen molar-refractivity contribution in [2.24, 2.45) is 0 Å². The van der Waals surface area contributed by atoms with E-state index in [4.69, 9.17) is 0 Å². The lowest BCUT2D eigenvalue weighted by Crippen LogP contribution is -2.44. The van der Waals surface area contributed by atoms with Crippen LogP contribution in [0.1, 0.15) is 32.3 Å². The van der Waals surface area contributed by atoms with Crippen LogP contribution in [0.25, 0.3) is 21.9 Å². The highest BCUT2D eigenvalue weighted by atomic mass is 32.2. The lowest BCUT2D eigenvalue weighted by atomic mass is 9.99. The summed E-state index contributed by atoms with van der Waals surface area (Å²) in [5.74, 6) is -0.335. The highest BCUT2D eigenvalue weighted by Crippen LogP contribution is 2.26. The first-order valence-corrected chi connectivity index (χ1v) is 13.6. The molecule has 188 valence electrons. The molecular weight excluding hydrogens is 462 g/mol. The largest absolute Gasteiger partial charge is 0.315 e. The zero-order valence-corrected chi connectivity index (χ0v) is 22.2. The minimum atomic E-state index is -3.62. The number of aryl methyl sites for hydroxylation is 1. The van der Waals surface area contributed by atoms with Gasteiger partial charge in [-0.05, 0) is 53.6 Å². The zero-order chi connectivity index (χ0) is 26.0.